The first-order valence-electron chi connectivity index (χ1n) is 8.55. The fraction of sp³-hybridized carbons (Fsp3) is 0.238. The molecule has 0 atom stereocenters. The lowest BCUT2D eigenvalue weighted by Crippen LogP contribution is -2.07. The van der Waals surface area contributed by atoms with Crippen LogP contribution in [0, 0.1) is 6.92 Å². The van der Waals surface area contributed by atoms with E-state index in [1.807, 2.05) is 36.6 Å². The number of thiazole rings is 1. The summed E-state index contributed by atoms with van der Waals surface area (Å²) in [5.74, 6) is 1.28. The molecule has 0 bridgehead atoms. The minimum Gasteiger partial charge on any atom is -0.496 e. The zero-order chi connectivity index (χ0) is 20.1. The molecule has 7 heteroatoms. The van der Waals surface area contributed by atoms with Crippen LogP contribution in [0.1, 0.15) is 21.6 Å². The number of methoxy groups -OCH3 is 3. The molecular formula is C21H21NO5S. The van der Waals surface area contributed by atoms with Crippen LogP contribution in [0.25, 0.3) is 10.6 Å². The molecule has 1 heterocycles. The van der Waals surface area contributed by atoms with Gasteiger partial charge in [-0.2, -0.15) is 0 Å². The summed E-state index contributed by atoms with van der Waals surface area (Å²) in [6.45, 7) is 1.98. The predicted octanol–water partition coefficient (Wildman–Crippen LogP) is 4.50. The van der Waals surface area contributed by atoms with Crippen LogP contribution in [0.2, 0.25) is 0 Å². The number of hydrogen-bond acceptors (Lipinski definition) is 7. The normalized spacial score (nSPS) is 10.4. The average Bonchev–Trinajstić information content (AvgIpc) is 3.20. The molecule has 0 aliphatic heterocycles. The zero-order valence-electron chi connectivity index (χ0n) is 16.1. The molecule has 0 amide bonds. The molecule has 2 aromatic carbocycles. The third kappa shape index (κ3) is 4.09. The zero-order valence-corrected chi connectivity index (χ0v) is 17.0. The van der Waals surface area contributed by atoms with Crippen molar-refractivity contribution in [2.75, 3.05) is 21.3 Å². The van der Waals surface area contributed by atoms with E-state index in [0.717, 1.165) is 16.1 Å². The lowest BCUT2D eigenvalue weighted by molar-refractivity contribution is 0.0464. The van der Waals surface area contributed by atoms with Crippen molar-refractivity contribution in [3.05, 3.63) is 58.6 Å². The number of carbonyl (C=O) groups is 1. The molecule has 0 saturated carbocycles. The Balaban J connectivity index is 1.76. The minimum atomic E-state index is -0.450. The van der Waals surface area contributed by atoms with Gasteiger partial charge in [-0.25, -0.2) is 9.78 Å². The Bertz CT molecular complexity index is 983. The van der Waals surface area contributed by atoms with Crippen molar-refractivity contribution in [3.63, 3.8) is 0 Å². The van der Waals surface area contributed by atoms with Gasteiger partial charge in [-0.3, -0.25) is 0 Å². The van der Waals surface area contributed by atoms with Gasteiger partial charge < -0.3 is 18.9 Å². The van der Waals surface area contributed by atoms with E-state index in [1.54, 1.807) is 26.4 Å². The summed E-state index contributed by atoms with van der Waals surface area (Å²) in [6, 6.07) is 11.0. The highest BCUT2D eigenvalue weighted by Crippen LogP contribution is 2.39. The van der Waals surface area contributed by atoms with Crippen LogP contribution in [-0.4, -0.2) is 32.3 Å². The Hall–Kier alpha value is -3.06. The molecule has 146 valence electrons. The molecule has 0 aliphatic rings. The molecule has 0 spiro atoms. The second-order valence-electron chi connectivity index (χ2n) is 5.96. The van der Waals surface area contributed by atoms with Gasteiger partial charge in [0.25, 0.3) is 0 Å². The van der Waals surface area contributed by atoms with E-state index < -0.39 is 5.97 Å². The molecule has 3 rings (SSSR count). The van der Waals surface area contributed by atoms with Crippen molar-refractivity contribution in [1.82, 2.24) is 4.98 Å². The number of ether oxygens (including phenoxy) is 4. The number of benzene rings is 2. The standard InChI is InChI=1S/C21H21NO5S/c1-13-8-9-17(24-2)16(10-13)21(23)27-11-14-12-28-20(22-14)15-6-5-7-18(25-3)19(15)26-4/h5-10,12H,11H2,1-4H3. The summed E-state index contributed by atoms with van der Waals surface area (Å²) in [6.07, 6.45) is 0. The molecule has 0 radical (unpaired) electrons. The van der Waals surface area contributed by atoms with E-state index in [9.17, 15) is 4.79 Å². The van der Waals surface area contributed by atoms with E-state index in [0.29, 0.717) is 28.5 Å². The summed E-state index contributed by atoms with van der Waals surface area (Å²) >= 11 is 1.45. The van der Waals surface area contributed by atoms with Crippen LogP contribution in [-0.2, 0) is 11.3 Å². The van der Waals surface area contributed by atoms with Crippen molar-refractivity contribution in [2.24, 2.45) is 0 Å². The predicted molar refractivity (Wildman–Crippen MR) is 108 cm³/mol. The smallest absolute Gasteiger partial charge is 0.342 e. The maximum absolute atomic E-state index is 12.4. The molecular weight excluding hydrogens is 378 g/mol. The molecule has 3 aromatic rings. The number of carbonyl (C=O) groups excluding carboxylic acids is 1. The van der Waals surface area contributed by atoms with Crippen LogP contribution in [0.5, 0.6) is 17.2 Å². The molecule has 1 aromatic heterocycles. The number of rotatable bonds is 7. The Morgan fingerprint density at radius 2 is 1.82 bits per heavy atom. The van der Waals surface area contributed by atoms with Crippen molar-refractivity contribution in [2.45, 2.75) is 13.5 Å². The summed E-state index contributed by atoms with van der Waals surface area (Å²) < 4.78 is 21.5. The lowest BCUT2D eigenvalue weighted by Gasteiger charge is -2.10. The Morgan fingerprint density at radius 1 is 1.04 bits per heavy atom. The minimum absolute atomic E-state index is 0.0682. The quantitative estimate of drug-likeness (QED) is 0.545. The van der Waals surface area contributed by atoms with Crippen LogP contribution >= 0.6 is 11.3 Å². The van der Waals surface area contributed by atoms with Gasteiger partial charge in [0.2, 0.25) is 0 Å². The maximum atomic E-state index is 12.4. The summed E-state index contributed by atoms with van der Waals surface area (Å²) in [5.41, 5.74) is 2.83. The molecule has 0 saturated heterocycles. The van der Waals surface area contributed by atoms with Gasteiger partial charge in [0.15, 0.2) is 11.5 Å². The van der Waals surface area contributed by atoms with Crippen LogP contribution in [0.15, 0.2) is 41.8 Å². The van der Waals surface area contributed by atoms with Gasteiger partial charge in [0.1, 0.15) is 22.9 Å². The maximum Gasteiger partial charge on any atom is 0.342 e. The molecule has 0 fully saturated rings. The first-order chi connectivity index (χ1) is 13.6. The second-order valence-corrected chi connectivity index (χ2v) is 6.82. The van der Waals surface area contributed by atoms with E-state index >= 15 is 0 Å². The monoisotopic (exact) mass is 399 g/mol. The van der Waals surface area contributed by atoms with Crippen LogP contribution < -0.4 is 14.2 Å². The summed E-state index contributed by atoms with van der Waals surface area (Å²) in [4.78, 5) is 17.0. The van der Waals surface area contributed by atoms with Crippen molar-refractivity contribution in [1.29, 1.82) is 0 Å². The summed E-state index contributed by atoms with van der Waals surface area (Å²) in [5, 5.41) is 2.62. The van der Waals surface area contributed by atoms with Gasteiger partial charge in [-0.15, -0.1) is 11.3 Å². The fourth-order valence-electron chi connectivity index (χ4n) is 2.75. The third-order valence-corrected chi connectivity index (χ3v) is 5.04. The van der Waals surface area contributed by atoms with Crippen molar-refractivity contribution >= 4 is 17.3 Å². The van der Waals surface area contributed by atoms with Gasteiger partial charge in [0, 0.05) is 5.38 Å². The fourth-order valence-corrected chi connectivity index (χ4v) is 3.58. The van der Waals surface area contributed by atoms with Gasteiger partial charge >= 0.3 is 5.97 Å². The number of nitrogens with zero attached hydrogens (tertiary/aromatic N) is 1. The third-order valence-electron chi connectivity index (χ3n) is 4.11. The number of aryl methyl sites for hydroxylation is 1. The number of para-hydroxylation sites is 1. The van der Waals surface area contributed by atoms with Gasteiger partial charge in [-0.1, -0.05) is 17.7 Å². The van der Waals surface area contributed by atoms with E-state index in [4.69, 9.17) is 18.9 Å². The Kier molecular flexibility index (Phi) is 6.16. The highest BCUT2D eigenvalue weighted by Gasteiger charge is 2.17. The van der Waals surface area contributed by atoms with Gasteiger partial charge in [0.05, 0.1) is 32.6 Å². The molecule has 0 aliphatic carbocycles. The Morgan fingerprint density at radius 3 is 2.54 bits per heavy atom. The van der Waals surface area contributed by atoms with E-state index in [-0.39, 0.29) is 6.61 Å². The summed E-state index contributed by atoms with van der Waals surface area (Å²) in [7, 11) is 4.70. The molecule has 6 nitrogen and oxygen atoms in total. The van der Waals surface area contributed by atoms with Crippen LogP contribution in [0.4, 0.5) is 0 Å². The number of hydrogen-bond donors (Lipinski definition) is 0. The Labute approximate surface area is 167 Å². The first-order valence-corrected chi connectivity index (χ1v) is 9.43. The van der Waals surface area contributed by atoms with Gasteiger partial charge in [-0.05, 0) is 31.2 Å². The lowest BCUT2D eigenvalue weighted by atomic mass is 10.1. The van der Waals surface area contributed by atoms with E-state index in [2.05, 4.69) is 4.98 Å². The van der Waals surface area contributed by atoms with E-state index in [1.165, 1.54) is 18.4 Å². The van der Waals surface area contributed by atoms with Crippen LogP contribution in [0.3, 0.4) is 0 Å². The first kappa shape index (κ1) is 19.7. The number of esters is 1. The average molecular weight is 399 g/mol. The largest absolute Gasteiger partial charge is 0.496 e. The number of aromatic nitrogens is 1. The highest BCUT2D eigenvalue weighted by molar-refractivity contribution is 7.13. The molecule has 0 N–H and O–H groups in total. The molecule has 0 unspecified atom stereocenters. The SMILES string of the molecule is COc1ccc(C)cc1C(=O)OCc1csc(-c2cccc(OC)c2OC)n1. The van der Waals surface area contributed by atoms with Crippen molar-refractivity contribution in [3.8, 4) is 27.8 Å². The second kappa shape index (κ2) is 8.75. The highest BCUT2D eigenvalue weighted by atomic mass is 32.1. The van der Waals surface area contributed by atoms with Crippen molar-refractivity contribution < 1.29 is 23.7 Å². The molecule has 28 heavy (non-hydrogen) atoms. The topological polar surface area (TPSA) is 66.9 Å².